The molecule has 7 heteroatoms. The zero-order valence-electron chi connectivity index (χ0n) is 15.1. The number of nitrogens with zero attached hydrogens (tertiary/aromatic N) is 1. The van der Waals surface area contributed by atoms with Crippen LogP contribution in [0.5, 0.6) is 11.5 Å². The molecule has 1 aliphatic rings. The third kappa shape index (κ3) is 3.52. The first-order valence-corrected chi connectivity index (χ1v) is 10.2. The summed E-state index contributed by atoms with van der Waals surface area (Å²) in [6.45, 7) is 1.02. The quantitative estimate of drug-likeness (QED) is 0.464. The summed E-state index contributed by atoms with van der Waals surface area (Å²) in [4.78, 5) is 18.8. The lowest BCUT2D eigenvalue weighted by atomic mass is 10.1. The molecule has 2 aromatic carbocycles. The topological polar surface area (TPSA) is 60.5 Å². The SMILES string of the molecule is O=C(Nc1ccc2c(c1)OCCO2)c1cc(-c2ccc(Cl)s2)nc2ccccc12. The molecule has 0 aliphatic carbocycles. The predicted molar refractivity (Wildman–Crippen MR) is 115 cm³/mol. The molecule has 0 bridgehead atoms. The number of benzene rings is 2. The molecule has 0 saturated carbocycles. The maximum Gasteiger partial charge on any atom is 0.256 e. The van der Waals surface area contributed by atoms with Crippen molar-refractivity contribution in [3.63, 3.8) is 0 Å². The highest BCUT2D eigenvalue weighted by Crippen LogP contribution is 2.34. The Morgan fingerprint density at radius 3 is 2.66 bits per heavy atom. The van der Waals surface area contributed by atoms with Crippen LogP contribution in [0.25, 0.3) is 21.5 Å². The summed E-state index contributed by atoms with van der Waals surface area (Å²) in [5.74, 6) is 1.09. The van der Waals surface area contributed by atoms with Crippen LogP contribution in [0.15, 0.2) is 60.7 Å². The van der Waals surface area contributed by atoms with Crippen LogP contribution in [-0.2, 0) is 0 Å². The number of fused-ring (bicyclic) bond motifs is 2. The second-order valence-corrected chi connectivity index (χ2v) is 8.20. The van der Waals surface area contributed by atoms with Gasteiger partial charge in [0.25, 0.3) is 5.91 Å². The lowest BCUT2D eigenvalue weighted by Gasteiger charge is -2.19. The number of hydrogen-bond acceptors (Lipinski definition) is 5. The van der Waals surface area contributed by atoms with Crippen LogP contribution in [0.3, 0.4) is 0 Å². The number of aromatic nitrogens is 1. The van der Waals surface area contributed by atoms with Gasteiger partial charge in [0.2, 0.25) is 0 Å². The first kappa shape index (κ1) is 18.0. The Hall–Kier alpha value is -3.09. The van der Waals surface area contributed by atoms with Gasteiger partial charge in [-0.15, -0.1) is 11.3 Å². The second kappa shape index (κ2) is 7.39. The molecule has 3 heterocycles. The third-order valence-electron chi connectivity index (χ3n) is 4.59. The Kier molecular flexibility index (Phi) is 4.58. The average Bonchev–Trinajstić information content (AvgIpc) is 3.19. The van der Waals surface area contributed by atoms with Gasteiger partial charge in [0.1, 0.15) is 13.2 Å². The van der Waals surface area contributed by atoms with E-state index in [0.717, 1.165) is 15.8 Å². The van der Waals surface area contributed by atoms with Gasteiger partial charge in [0.15, 0.2) is 11.5 Å². The van der Waals surface area contributed by atoms with Crippen LogP contribution in [0, 0.1) is 0 Å². The molecule has 1 amide bonds. The van der Waals surface area contributed by atoms with Crippen molar-refractivity contribution in [1.82, 2.24) is 4.98 Å². The number of carbonyl (C=O) groups excluding carboxylic acids is 1. The lowest BCUT2D eigenvalue weighted by Crippen LogP contribution is -2.16. The molecule has 0 fully saturated rings. The fourth-order valence-electron chi connectivity index (χ4n) is 3.26. The Bertz CT molecular complexity index is 1240. The molecule has 29 heavy (non-hydrogen) atoms. The summed E-state index contributed by atoms with van der Waals surface area (Å²) in [7, 11) is 0. The normalized spacial score (nSPS) is 12.7. The molecule has 5 rings (SSSR count). The number of thiophene rings is 1. The molecule has 2 aromatic heterocycles. The summed E-state index contributed by atoms with van der Waals surface area (Å²) < 4.78 is 11.8. The van der Waals surface area contributed by atoms with E-state index in [1.54, 1.807) is 24.3 Å². The highest BCUT2D eigenvalue weighted by Gasteiger charge is 2.17. The molecule has 4 aromatic rings. The molecule has 1 N–H and O–H groups in total. The Labute approximate surface area is 175 Å². The minimum atomic E-state index is -0.218. The summed E-state index contributed by atoms with van der Waals surface area (Å²) in [5, 5.41) is 3.75. The highest BCUT2D eigenvalue weighted by molar-refractivity contribution is 7.19. The number of rotatable bonds is 3. The van der Waals surface area contributed by atoms with Gasteiger partial charge in [0, 0.05) is 17.1 Å². The number of halogens is 1. The molecular weight excluding hydrogens is 408 g/mol. The molecular formula is C22H15ClN2O3S. The molecule has 144 valence electrons. The zero-order chi connectivity index (χ0) is 19.8. The minimum absolute atomic E-state index is 0.218. The fraction of sp³-hybridized carbons (Fsp3) is 0.0909. The van der Waals surface area contributed by atoms with Crippen LogP contribution in [0.1, 0.15) is 10.4 Å². The van der Waals surface area contributed by atoms with E-state index in [0.29, 0.717) is 46.0 Å². The molecule has 0 spiro atoms. The van der Waals surface area contributed by atoms with Crippen molar-refractivity contribution < 1.29 is 14.3 Å². The fourth-order valence-corrected chi connectivity index (χ4v) is 4.26. The third-order valence-corrected chi connectivity index (χ3v) is 5.84. The van der Waals surface area contributed by atoms with E-state index < -0.39 is 0 Å². The molecule has 5 nitrogen and oxygen atoms in total. The number of anilines is 1. The van der Waals surface area contributed by atoms with E-state index in [-0.39, 0.29) is 5.91 Å². The van der Waals surface area contributed by atoms with Crippen molar-refractivity contribution in [2.45, 2.75) is 0 Å². The second-order valence-electron chi connectivity index (χ2n) is 6.49. The first-order valence-electron chi connectivity index (χ1n) is 9.04. The number of amides is 1. The van der Waals surface area contributed by atoms with Crippen LogP contribution >= 0.6 is 22.9 Å². The zero-order valence-corrected chi connectivity index (χ0v) is 16.7. The van der Waals surface area contributed by atoms with Gasteiger partial charge >= 0.3 is 0 Å². The van der Waals surface area contributed by atoms with E-state index in [1.165, 1.54) is 11.3 Å². The standard InChI is InChI=1S/C22H15ClN2O3S/c23-21-8-7-20(29-21)17-12-15(14-3-1-2-4-16(14)25-17)22(26)24-13-5-6-18-19(11-13)28-10-9-27-18/h1-8,11-12H,9-10H2,(H,24,26). The summed E-state index contributed by atoms with van der Waals surface area (Å²) >= 11 is 7.52. The summed E-state index contributed by atoms with van der Waals surface area (Å²) in [6.07, 6.45) is 0. The Morgan fingerprint density at radius 1 is 1.00 bits per heavy atom. The smallest absolute Gasteiger partial charge is 0.256 e. The van der Waals surface area contributed by atoms with E-state index in [1.807, 2.05) is 36.4 Å². The van der Waals surface area contributed by atoms with Crippen molar-refractivity contribution in [2.75, 3.05) is 18.5 Å². The summed E-state index contributed by atoms with van der Waals surface area (Å²) in [5.41, 5.74) is 2.65. The van der Waals surface area contributed by atoms with Crippen molar-refractivity contribution in [3.8, 4) is 22.1 Å². The molecule has 0 atom stereocenters. The number of ether oxygens (including phenoxy) is 2. The Morgan fingerprint density at radius 2 is 1.83 bits per heavy atom. The molecule has 0 radical (unpaired) electrons. The maximum atomic E-state index is 13.2. The number of nitrogens with one attached hydrogen (secondary N) is 1. The van der Waals surface area contributed by atoms with Gasteiger partial charge in [-0.1, -0.05) is 29.8 Å². The predicted octanol–water partition coefficient (Wildman–Crippen LogP) is 5.64. The van der Waals surface area contributed by atoms with Crippen LogP contribution in [0.2, 0.25) is 4.34 Å². The Balaban J connectivity index is 1.54. The number of hydrogen-bond donors (Lipinski definition) is 1. The van der Waals surface area contributed by atoms with Gasteiger partial charge in [-0.25, -0.2) is 4.98 Å². The highest BCUT2D eigenvalue weighted by atomic mass is 35.5. The van der Waals surface area contributed by atoms with Gasteiger partial charge < -0.3 is 14.8 Å². The van der Waals surface area contributed by atoms with Gasteiger partial charge in [-0.2, -0.15) is 0 Å². The molecule has 0 unspecified atom stereocenters. The van der Waals surface area contributed by atoms with Crippen molar-refractivity contribution in [2.24, 2.45) is 0 Å². The maximum absolute atomic E-state index is 13.2. The van der Waals surface area contributed by atoms with E-state index in [9.17, 15) is 4.79 Å². The van der Waals surface area contributed by atoms with Crippen molar-refractivity contribution in [1.29, 1.82) is 0 Å². The van der Waals surface area contributed by atoms with Gasteiger partial charge in [0.05, 0.1) is 26.0 Å². The number of para-hydroxylation sites is 1. The molecule has 0 saturated heterocycles. The largest absolute Gasteiger partial charge is 0.486 e. The van der Waals surface area contributed by atoms with E-state index in [2.05, 4.69) is 5.32 Å². The lowest BCUT2D eigenvalue weighted by molar-refractivity contribution is 0.102. The molecule has 1 aliphatic heterocycles. The number of carbonyl (C=O) groups is 1. The minimum Gasteiger partial charge on any atom is -0.486 e. The van der Waals surface area contributed by atoms with Crippen LogP contribution in [0.4, 0.5) is 5.69 Å². The number of pyridine rings is 1. The van der Waals surface area contributed by atoms with Crippen LogP contribution < -0.4 is 14.8 Å². The van der Waals surface area contributed by atoms with Gasteiger partial charge in [-0.05, 0) is 36.4 Å². The first-order chi connectivity index (χ1) is 14.2. The van der Waals surface area contributed by atoms with Crippen molar-refractivity contribution in [3.05, 3.63) is 70.6 Å². The monoisotopic (exact) mass is 422 g/mol. The van der Waals surface area contributed by atoms with E-state index >= 15 is 0 Å². The average molecular weight is 423 g/mol. The van der Waals surface area contributed by atoms with Gasteiger partial charge in [-0.3, -0.25) is 4.79 Å². The summed E-state index contributed by atoms with van der Waals surface area (Å²) in [6, 6.07) is 18.5. The van der Waals surface area contributed by atoms with Crippen molar-refractivity contribution >= 4 is 45.4 Å². The van der Waals surface area contributed by atoms with Crippen LogP contribution in [-0.4, -0.2) is 24.1 Å². The van der Waals surface area contributed by atoms with E-state index in [4.69, 9.17) is 26.1 Å².